The minimum Gasteiger partial charge on any atom is -0.327 e. The van der Waals surface area contributed by atoms with Gasteiger partial charge in [0.05, 0.1) is 0 Å². The molecular formula is C12H17N. The Kier molecular flexibility index (Phi) is 0.743. The number of nitrogens with two attached hydrogens (primary N) is 1. The lowest BCUT2D eigenvalue weighted by Crippen LogP contribution is -2.61. The van der Waals surface area contributed by atoms with Crippen molar-refractivity contribution in [1.82, 2.24) is 0 Å². The van der Waals surface area contributed by atoms with Crippen LogP contribution in [0.3, 0.4) is 0 Å². The van der Waals surface area contributed by atoms with Gasteiger partial charge in [-0.05, 0) is 66.6 Å². The summed E-state index contributed by atoms with van der Waals surface area (Å²) in [6, 6.07) is 0.595. The van der Waals surface area contributed by atoms with E-state index in [0.717, 1.165) is 23.2 Å². The first kappa shape index (κ1) is 6.44. The summed E-state index contributed by atoms with van der Waals surface area (Å²) in [6.45, 7) is 0. The summed E-state index contributed by atoms with van der Waals surface area (Å²) in [5.41, 5.74) is 7.18. The predicted molar refractivity (Wildman–Crippen MR) is 49.8 cm³/mol. The van der Waals surface area contributed by atoms with E-state index < -0.39 is 0 Å². The van der Waals surface area contributed by atoms with Gasteiger partial charge in [-0.25, -0.2) is 0 Å². The third kappa shape index (κ3) is 0.423. The Labute approximate surface area is 79.1 Å². The molecule has 1 nitrogen and oxygen atoms in total. The van der Waals surface area contributed by atoms with Crippen molar-refractivity contribution >= 4 is 0 Å². The zero-order valence-electron chi connectivity index (χ0n) is 7.95. The van der Waals surface area contributed by atoms with Crippen molar-refractivity contribution in [2.75, 3.05) is 0 Å². The summed E-state index contributed by atoms with van der Waals surface area (Å²) < 4.78 is 0. The van der Waals surface area contributed by atoms with Crippen LogP contribution in [-0.4, -0.2) is 6.04 Å². The lowest BCUT2D eigenvalue weighted by atomic mass is 9.39. The highest BCUT2D eigenvalue weighted by atomic mass is 14.9. The van der Waals surface area contributed by atoms with Crippen LogP contribution in [0.2, 0.25) is 0 Å². The molecule has 1 spiro atoms. The van der Waals surface area contributed by atoms with E-state index in [2.05, 4.69) is 0 Å². The number of hydrogen-bond donors (Lipinski definition) is 1. The van der Waals surface area contributed by atoms with Crippen LogP contribution < -0.4 is 5.73 Å². The van der Waals surface area contributed by atoms with Crippen molar-refractivity contribution < 1.29 is 0 Å². The minimum absolute atomic E-state index is 0.595. The van der Waals surface area contributed by atoms with Gasteiger partial charge in [-0.2, -0.15) is 0 Å². The monoisotopic (exact) mass is 175 g/mol. The topological polar surface area (TPSA) is 26.0 Å². The Hall–Kier alpha value is -0.0400. The quantitative estimate of drug-likeness (QED) is 0.595. The van der Waals surface area contributed by atoms with Crippen LogP contribution in [0.5, 0.6) is 0 Å². The van der Waals surface area contributed by atoms with Gasteiger partial charge in [0.1, 0.15) is 0 Å². The molecule has 0 aromatic carbocycles. The highest BCUT2D eigenvalue weighted by Crippen LogP contribution is 2.89. The molecule has 0 heterocycles. The molecule has 2 N–H and O–H groups in total. The van der Waals surface area contributed by atoms with Gasteiger partial charge in [-0.3, -0.25) is 0 Å². The van der Waals surface area contributed by atoms with Crippen molar-refractivity contribution in [3.8, 4) is 0 Å². The SMILES string of the molecule is NC1CC2C3C1CCC14CC1C2C34. The molecule has 5 aliphatic rings. The Balaban J connectivity index is 1.66. The number of fused-ring (bicyclic) bond motifs is 2. The number of hydrogen-bond acceptors (Lipinski definition) is 1. The van der Waals surface area contributed by atoms with Gasteiger partial charge in [-0.1, -0.05) is 0 Å². The lowest BCUT2D eigenvalue weighted by molar-refractivity contribution is -0.184. The largest absolute Gasteiger partial charge is 0.327 e. The van der Waals surface area contributed by atoms with E-state index in [0.29, 0.717) is 6.04 Å². The predicted octanol–water partition coefficient (Wildman–Crippen LogP) is 1.63. The molecule has 8 atom stereocenters. The highest BCUT2D eigenvalue weighted by molar-refractivity contribution is 5.33. The zero-order valence-corrected chi connectivity index (χ0v) is 7.95. The maximum absolute atomic E-state index is 6.25. The van der Waals surface area contributed by atoms with Gasteiger partial charge in [0.15, 0.2) is 0 Å². The van der Waals surface area contributed by atoms with Crippen LogP contribution in [0, 0.1) is 40.9 Å². The van der Waals surface area contributed by atoms with Gasteiger partial charge >= 0.3 is 0 Å². The normalized spacial score (nSPS) is 80.5. The van der Waals surface area contributed by atoms with Crippen molar-refractivity contribution in [2.24, 2.45) is 46.7 Å². The Bertz CT molecular complexity index is 312. The fraction of sp³-hybridized carbons (Fsp3) is 1.00. The first-order valence-electron chi connectivity index (χ1n) is 6.08. The van der Waals surface area contributed by atoms with Crippen LogP contribution in [-0.2, 0) is 0 Å². The third-order valence-corrected chi connectivity index (χ3v) is 6.66. The Morgan fingerprint density at radius 1 is 1.15 bits per heavy atom. The molecule has 8 unspecified atom stereocenters. The van der Waals surface area contributed by atoms with Crippen LogP contribution in [0.25, 0.3) is 0 Å². The van der Waals surface area contributed by atoms with Gasteiger partial charge in [0.25, 0.3) is 0 Å². The first-order chi connectivity index (χ1) is 6.33. The minimum atomic E-state index is 0.595. The molecule has 0 radical (unpaired) electrons. The second-order valence-electron chi connectivity index (χ2n) is 6.49. The third-order valence-electron chi connectivity index (χ3n) is 6.66. The molecule has 0 bridgehead atoms. The van der Waals surface area contributed by atoms with Crippen molar-refractivity contribution in [2.45, 2.75) is 31.7 Å². The molecule has 0 aromatic heterocycles. The molecule has 13 heavy (non-hydrogen) atoms. The van der Waals surface area contributed by atoms with Gasteiger partial charge in [0, 0.05) is 6.04 Å². The van der Waals surface area contributed by atoms with E-state index in [4.69, 9.17) is 5.73 Å². The average Bonchev–Trinajstić information content (AvgIpc) is 2.57. The summed E-state index contributed by atoms with van der Waals surface area (Å²) in [5.74, 6) is 6.75. The Morgan fingerprint density at radius 3 is 3.00 bits per heavy atom. The van der Waals surface area contributed by atoms with Gasteiger partial charge in [-0.15, -0.1) is 0 Å². The van der Waals surface area contributed by atoms with E-state index in [1.807, 2.05) is 0 Å². The molecule has 0 amide bonds. The van der Waals surface area contributed by atoms with Crippen LogP contribution in [0.4, 0.5) is 0 Å². The van der Waals surface area contributed by atoms with Crippen molar-refractivity contribution in [3.63, 3.8) is 0 Å². The van der Waals surface area contributed by atoms with Crippen LogP contribution in [0.15, 0.2) is 0 Å². The summed E-state index contributed by atoms with van der Waals surface area (Å²) in [4.78, 5) is 0. The molecule has 1 heteroatoms. The number of rotatable bonds is 0. The summed E-state index contributed by atoms with van der Waals surface area (Å²) in [7, 11) is 0. The highest BCUT2D eigenvalue weighted by Gasteiger charge is 2.84. The molecule has 5 fully saturated rings. The maximum atomic E-state index is 6.25. The smallest absolute Gasteiger partial charge is 0.00728 e. The molecule has 5 aliphatic carbocycles. The second kappa shape index (κ2) is 1.50. The summed E-state index contributed by atoms with van der Waals surface area (Å²) >= 11 is 0. The van der Waals surface area contributed by atoms with Gasteiger partial charge in [0.2, 0.25) is 0 Å². The summed E-state index contributed by atoms with van der Waals surface area (Å²) in [6.07, 6.45) is 6.06. The molecule has 0 aliphatic heterocycles. The first-order valence-corrected chi connectivity index (χ1v) is 6.08. The maximum Gasteiger partial charge on any atom is 0.00728 e. The van der Waals surface area contributed by atoms with E-state index >= 15 is 0 Å². The van der Waals surface area contributed by atoms with Crippen LogP contribution in [0.1, 0.15) is 25.7 Å². The van der Waals surface area contributed by atoms with E-state index in [-0.39, 0.29) is 0 Å². The van der Waals surface area contributed by atoms with E-state index in [1.54, 1.807) is 12.8 Å². The fourth-order valence-electron chi connectivity index (χ4n) is 6.32. The molecule has 70 valence electrons. The average molecular weight is 175 g/mol. The van der Waals surface area contributed by atoms with E-state index in [1.165, 1.54) is 30.6 Å². The molecule has 5 saturated carbocycles. The van der Waals surface area contributed by atoms with Crippen LogP contribution >= 0.6 is 0 Å². The zero-order chi connectivity index (χ0) is 8.37. The van der Waals surface area contributed by atoms with Crippen molar-refractivity contribution in [1.29, 1.82) is 0 Å². The van der Waals surface area contributed by atoms with Gasteiger partial charge < -0.3 is 5.73 Å². The molecule has 0 aromatic rings. The lowest BCUT2D eigenvalue weighted by Gasteiger charge is -2.65. The standard InChI is InChI=1S/C12H17N/c13-8-3-6-9-5(8)1-2-12-4-7(12)10(6)11(9)12/h5-11H,1-4,13H2. The fourth-order valence-corrected chi connectivity index (χ4v) is 6.32. The molecular weight excluding hydrogens is 158 g/mol. The van der Waals surface area contributed by atoms with Crippen molar-refractivity contribution in [3.05, 3.63) is 0 Å². The second-order valence-corrected chi connectivity index (χ2v) is 6.49. The summed E-state index contributed by atoms with van der Waals surface area (Å²) in [5, 5.41) is 0. The molecule has 5 rings (SSSR count). The van der Waals surface area contributed by atoms with E-state index in [9.17, 15) is 0 Å². The molecule has 0 saturated heterocycles. The Morgan fingerprint density at radius 2 is 2.08 bits per heavy atom.